The summed E-state index contributed by atoms with van der Waals surface area (Å²) in [5.41, 5.74) is 4.97. The first-order valence-electron chi connectivity index (χ1n) is 14.5. The number of nitrogens with one attached hydrogen (secondary N) is 1. The van der Waals surface area contributed by atoms with Crippen molar-refractivity contribution in [1.82, 2.24) is 9.80 Å². The number of rotatable bonds is 12. The number of piperidine rings is 1. The first-order chi connectivity index (χ1) is 19.7. The van der Waals surface area contributed by atoms with Crippen molar-refractivity contribution in [3.05, 3.63) is 112 Å². The second-order valence-corrected chi connectivity index (χ2v) is 11.8. The van der Waals surface area contributed by atoms with E-state index >= 15 is 0 Å². The molecule has 3 aromatic carbocycles. The molecular formula is C34H40Cl2FN3O. The Morgan fingerprint density at radius 2 is 1.80 bits per heavy atom. The van der Waals surface area contributed by atoms with Gasteiger partial charge in [0.05, 0.1) is 16.0 Å². The van der Waals surface area contributed by atoms with E-state index in [2.05, 4.69) is 28.9 Å². The van der Waals surface area contributed by atoms with Gasteiger partial charge in [0, 0.05) is 25.0 Å². The zero-order valence-electron chi connectivity index (χ0n) is 24.0. The van der Waals surface area contributed by atoms with Crippen molar-refractivity contribution >= 4 is 34.8 Å². The molecule has 0 aliphatic carbocycles. The molecule has 218 valence electrons. The van der Waals surface area contributed by atoms with Gasteiger partial charge in [-0.3, -0.25) is 4.79 Å². The number of hydrogen-bond donors (Lipinski definition) is 1. The van der Waals surface area contributed by atoms with Crippen LogP contribution in [0.1, 0.15) is 61.1 Å². The van der Waals surface area contributed by atoms with Crippen LogP contribution in [0.5, 0.6) is 0 Å². The van der Waals surface area contributed by atoms with Crippen molar-refractivity contribution in [2.45, 2.75) is 50.9 Å². The van der Waals surface area contributed by atoms with Crippen molar-refractivity contribution in [2.75, 3.05) is 38.5 Å². The van der Waals surface area contributed by atoms with Crippen LogP contribution in [0.3, 0.4) is 0 Å². The van der Waals surface area contributed by atoms with Gasteiger partial charge in [0.2, 0.25) is 5.91 Å². The summed E-state index contributed by atoms with van der Waals surface area (Å²) < 4.78 is 14.2. The lowest BCUT2D eigenvalue weighted by Crippen LogP contribution is -2.37. The summed E-state index contributed by atoms with van der Waals surface area (Å²) in [6, 6.07) is 20.7. The van der Waals surface area contributed by atoms with Crippen molar-refractivity contribution in [3.63, 3.8) is 0 Å². The number of likely N-dealkylation sites (tertiary alicyclic amines) is 1. The van der Waals surface area contributed by atoms with Crippen LogP contribution in [0.2, 0.25) is 10.0 Å². The average Bonchev–Trinajstić information content (AvgIpc) is 2.99. The molecule has 1 fully saturated rings. The minimum absolute atomic E-state index is 0.0841. The summed E-state index contributed by atoms with van der Waals surface area (Å²) >= 11 is 12.6. The Kier molecular flexibility index (Phi) is 11.3. The Morgan fingerprint density at radius 1 is 1.07 bits per heavy atom. The number of anilines is 1. The maximum atomic E-state index is 14.2. The summed E-state index contributed by atoms with van der Waals surface area (Å²) in [6.07, 6.45) is 4.15. The Bertz CT molecular complexity index is 1320. The van der Waals surface area contributed by atoms with Gasteiger partial charge >= 0.3 is 0 Å². The highest BCUT2D eigenvalue weighted by molar-refractivity contribution is 6.42. The first kappa shape index (κ1) is 31.1. The topological polar surface area (TPSA) is 35.6 Å². The molecule has 1 atom stereocenters. The molecular weight excluding hydrogens is 556 g/mol. The molecule has 0 radical (unpaired) electrons. The molecule has 0 aromatic heterocycles. The van der Waals surface area contributed by atoms with Gasteiger partial charge in [-0.15, -0.1) is 0 Å². The fraction of sp³-hybridized carbons (Fsp3) is 0.382. The number of benzene rings is 3. The average molecular weight is 597 g/mol. The molecule has 1 heterocycles. The van der Waals surface area contributed by atoms with E-state index < -0.39 is 0 Å². The number of hydrogen-bond acceptors (Lipinski definition) is 3. The van der Waals surface area contributed by atoms with Gasteiger partial charge in [0.15, 0.2) is 0 Å². The number of carbonyl (C=O) groups excluding carboxylic acids is 1. The van der Waals surface area contributed by atoms with Crippen LogP contribution in [0, 0.1) is 5.82 Å². The molecule has 7 heteroatoms. The van der Waals surface area contributed by atoms with Crippen molar-refractivity contribution in [3.8, 4) is 0 Å². The van der Waals surface area contributed by atoms with Gasteiger partial charge in [-0.2, -0.15) is 0 Å². The molecule has 0 saturated carbocycles. The number of carbonyl (C=O) groups is 1. The standard InChI is InChI=1S/C34H40Cl2FN3O/c1-4-24(2)38-33-13-11-28(37)23-30(33)26-15-19-40(20-16-26)21-17-29(27-10-12-31(35)32(36)22-27)34(41)39(3)18-14-25-8-6-5-7-9-25/h5-13,22-23,26,29,38H,2,4,14-21H2,1,3H3. The fourth-order valence-corrected chi connectivity index (χ4v) is 5.83. The quantitative estimate of drug-likeness (QED) is 0.228. The zero-order chi connectivity index (χ0) is 29.4. The van der Waals surface area contributed by atoms with Gasteiger partial charge in [-0.25, -0.2) is 4.39 Å². The van der Waals surface area contributed by atoms with E-state index in [-0.39, 0.29) is 23.6 Å². The predicted octanol–water partition coefficient (Wildman–Crippen LogP) is 8.52. The Hall–Kier alpha value is -2.86. The minimum Gasteiger partial charge on any atom is -0.359 e. The minimum atomic E-state index is -0.317. The van der Waals surface area contributed by atoms with E-state index in [9.17, 15) is 9.18 Å². The summed E-state index contributed by atoms with van der Waals surface area (Å²) in [5, 5.41) is 4.31. The zero-order valence-corrected chi connectivity index (χ0v) is 25.5. The molecule has 4 rings (SSSR count). The van der Waals surface area contributed by atoms with Crippen LogP contribution in [0.25, 0.3) is 0 Å². The fourth-order valence-electron chi connectivity index (χ4n) is 5.52. The summed E-state index contributed by atoms with van der Waals surface area (Å²) in [7, 11) is 1.87. The molecule has 1 aliphatic rings. The van der Waals surface area contributed by atoms with Crippen LogP contribution < -0.4 is 5.32 Å². The van der Waals surface area contributed by atoms with E-state index in [4.69, 9.17) is 23.2 Å². The molecule has 1 aliphatic heterocycles. The molecule has 4 nitrogen and oxygen atoms in total. The second kappa shape index (κ2) is 14.9. The highest BCUT2D eigenvalue weighted by Crippen LogP contribution is 2.35. The van der Waals surface area contributed by atoms with E-state index in [1.54, 1.807) is 12.1 Å². The molecule has 41 heavy (non-hydrogen) atoms. The maximum absolute atomic E-state index is 14.2. The van der Waals surface area contributed by atoms with Crippen LogP contribution in [-0.4, -0.2) is 48.9 Å². The van der Waals surface area contributed by atoms with E-state index in [1.165, 1.54) is 11.6 Å². The van der Waals surface area contributed by atoms with Crippen molar-refractivity contribution in [1.29, 1.82) is 0 Å². The maximum Gasteiger partial charge on any atom is 0.229 e. The summed E-state index contributed by atoms with van der Waals surface area (Å²) in [5.74, 6) is -0.177. The molecule has 1 unspecified atom stereocenters. The highest BCUT2D eigenvalue weighted by Gasteiger charge is 2.28. The SMILES string of the molecule is C=C(CC)Nc1ccc(F)cc1C1CCN(CCC(C(=O)N(C)CCc2ccccc2)c2ccc(Cl)c(Cl)c2)CC1. The Morgan fingerprint density at radius 3 is 2.49 bits per heavy atom. The molecule has 0 bridgehead atoms. The van der Waals surface area contributed by atoms with Crippen LogP contribution in [0.15, 0.2) is 79.0 Å². The number of halogens is 3. The first-order valence-corrected chi connectivity index (χ1v) is 15.2. The van der Waals surface area contributed by atoms with Crippen LogP contribution in [-0.2, 0) is 11.2 Å². The normalized spacial score (nSPS) is 15.0. The van der Waals surface area contributed by atoms with Gasteiger partial charge in [0.25, 0.3) is 0 Å². The second-order valence-electron chi connectivity index (χ2n) is 10.9. The molecule has 1 N–H and O–H groups in total. The monoisotopic (exact) mass is 595 g/mol. The van der Waals surface area contributed by atoms with Crippen LogP contribution in [0.4, 0.5) is 10.1 Å². The predicted molar refractivity (Wildman–Crippen MR) is 169 cm³/mol. The largest absolute Gasteiger partial charge is 0.359 e. The smallest absolute Gasteiger partial charge is 0.229 e. The lowest BCUT2D eigenvalue weighted by Gasteiger charge is -2.34. The highest BCUT2D eigenvalue weighted by atomic mass is 35.5. The van der Waals surface area contributed by atoms with E-state index in [0.29, 0.717) is 23.0 Å². The molecule has 1 amide bonds. The molecule has 3 aromatic rings. The Labute approximate surface area is 254 Å². The number of nitrogens with zero attached hydrogens (tertiary/aromatic N) is 2. The Balaban J connectivity index is 1.40. The lowest BCUT2D eigenvalue weighted by atomic mass is 9.87. The lowest BCUT2D eigenvalue weighted by molar-refractivity contribution is -0.131. The summed E-state index contributed by atoms with van der Waals surface area (Å²) in [6.45, 7) is 9.32. The third-order valence-electron chi connectivity index (χ3n) is 8.11. The molecule has 0 spiro atoms. The van der Waals surface area contributed by atoms with Crippen molar-refractivity contribution < 1.29 is 9.18 Å². The third-order valence-corrected chi connectivity index (χ3v) is 8.85. The third kappa shape index (κ3) is 8.57. The van der Waals surface area contributed by atoms with Crippen LogP contribution >= 0.6 is 23.2 Å². The number of allylic oxidation sites excluding steroid dienone is 1. The van der Waals surface area contributed by atoms with Crippen molar-refractivity contribution in [2.24, 2.45) is 0 Å². The van der Waals surface area contributed by atoms with E-state index in [0.717, 1.165) is 67.8 Å². The van der Waals surface area contributed by atoms with Gasteiger partial charge in [0.1, 0.15) is 5.82 Å². The number of likely N-dealkylation sites (N-methyl/N-ethyl adjacent to an activating group) is 1. The van der Waals surface area contributed by atoms with Gasteiger partial charge in [-0.1, -0.05) is 73.1 Å². The van der Waals surface area contributed by atoms with Gasteiger partial charge in [-0.05, 0) is 105 Å². The molecule has 1 saturated heterocycles. The number of amides is 1. The summed E-state index contributed by atoms with van der Waals surface area (Å²) in [4.78, 5) is 18.0. The van der Waals surface area contributed by atoms with E-state index in [1.807, 2.05) is 55.3 Å². The van der Waals surface area contributed by atoms with Gasteiger partial charge < -0.3 is 15.1 Å².